The molecule has 0 spiro atoms. The van der Waals surface area contributed by atoms with E-state index in [0.29, 0.717) is 17.9 Å². The van der Waals surface area contributed by atoms with E-state index in [4.69, 9.17) is 5.73 Å². The third-order valence-electron chi connectivity index (χ3n) is 3.77. The zero-order chi connectivity index (χ0) is 14.2. The van der Waals surface area contributed by atoms with Gasteiger partial charge in [0.25, 0.3) is 0 Å². The third-order valence-corrected chi connectivity index (χ3v) is 3.77. The molecular weight excluding hydrogens is 246 g/mol. The molecule has 106 valence electrons. The Labute approximate surface area is 112 Å². The zero-order valence-corrected chi connectivity index (χ0v) is 11.7. The number of rotatable bonds is 3. The first-order valence-electron chi connectivity index (χ1n) is 6.68. The topological polar surface area (TPSA) is 90.2 Å². The second-order valence-electron chi connectivity index (χ2n) is 5.18. The molecule has 1 aromatic heterocycles. The normalized spacial score (nSPS) is 23.7. The van der Waals surface area contributed by atoms with Crippen LogP contribution in [0.25, 0.3) is 0 Å². The van der Waals surface area contributed by atoms with Gasteiger partial charge >= 0.3 is 5.69 Å². The molecule has 19 heavy (non-hydrogen) atoms. The van der Waals surface area contributed by atoms with Gasteiger partial charge in [0.15, 0.2) is 0 Å². The molecule has 7 nitrogen and oxygen atoms in total. The van der Waals surface area contributed by atoms with Crippen LogP contribution < -0.4 is 10.6 Å². The van der Waals surface area contributed by atoms with Crippen LogP contribution in [0.5, 0.6) is 0 Å². The van der Waals surface area contributed by atoms with E-state index in [1.165, 1.54) is 0 Å². The van der Waals surface area contributed by atoms with E-state index >= 15 is 0 Å². The number of hydrogen-bond acceptors (Lipinski definition) is 5. The summed E-state index contributed by atoms with van der Waals surface area (Å²) in [5.74, 6) is 0.612. The van der Waals surface area contributed by atoms with E-state index in [-0.39, 0.29) is 22.7 Å². The standard InChI is InChI=1S/C12H21N5O2/c1-4-10-11(17(18)19)12(15(3)14-10)16-6-5-9(13)7-8(16)2/h8-9H,4-7,13H2,1-3H3. The summed E-state index contributed by atoms with van der Waals surface area (Å²) in [6.07, 6.45) is 2.27. The van der Waals surface area contributed by atoms with Crippen LogP contribution in [0.3, 0.4) is 0 Å². The zero-order valence-electron chi connectivity index (χ0n) is 11.7. The molecule has 1 aromatic rings. The molecule has 0 saturated carbocycles. The lowest BCUT2D eigenvalue weighted by molar-refractivity contribution is -0.384. The van der Waals surface area contributed by atoms with Crippen LogP contribution in [-0.2, 0) is 13.5 Å². The summed E-state index contributed by atoms with van der Waals surface area (Å²) in [4.78, 5) is 13.1. The van der Waals surface area contributed by atoms with Crippen LogP contribution in [0.15, 0.2) is 0 Å². The average molecular weight is 267 g/mol. The summed E-state index contributed by atoms with van der Waals surface area (Å²) in [6, 6.07) is 0.381. The van der Waals surface area contributed by atoms with Crippen molar-refractivity contribution < 1.29 is 4.92 Å². The van der Waals surface area contributed by atoms with Gasteiger partial charge in [-0.15, -0.1) is 0 Å². The lowest BCUT2D eigenvalue weighted by atomic mass is 9.99. The molecule has 0 amide bonds. The second-order valence-corrected chi connectivity index (χ2v) is 5.18. The Balaban J connectivity index is 2.44. The first-order chi connectivity index (χ1) is 8.95. The highest BCUT2D eigenvalue weighted by Crippen LogP contribution is 2.35. The molecule has 0 bridgehead atoms. The highest BCUT2D eigenvalue weighted by atomic mass is 16.6. The van der Waals surface area contributed by atoms with Crippen LogP contribution in [0.4, 0.5) is 11.5 Å². The average Bonchev–Trinajstić information content (AvgIpc) is 2.66. The number of aryl methyl sites for hydroxylation is 2. The largest absolute Gasteiger partial charge is 0.348 e. The van der Waals surface area contributed by atoms with Crippen LogP contribution in [0, 0.1) is 10.1 Å². The molecule has 0 aromatic carbocycles. The summed E-state index contributed by atoms with van der Waals surface area (Å²) >= 11 is 0. The van der Waals surface area contributed by atoms with E-state index in [0.717, 1.165) is 19.4 Å². The summed E-state index contributed by atoms with van der Waals surface area (Å²) < 4.78 is 1.63. The van der Waals surface area contributed by atoms with Crippen molar-refractivity contribution >= 4 is 11.5 Å². The predicted molar refractivity (Wildman–Crippen MR) is 73.3 cm³/mol. The van der Waals surface area contributed by atoms with Crippen LogP contribution in [0.2, 0.25) is 0 Å². The summed E-state index contributed by atoms with van der Waals surface area (Å²) in [5.41, 5.74) is 6.64. The molecule has 1 aliphatic rings. The van der Waals surface area contributed by atoms with Crippen molar-refractivity contribution in [3.05, 3.63) is 15.8 Å². The SMILES string of the molecule is CCc1nn(C)c(N2CCC(N)CC2C)c1[N+](=O)[O-]. The van der Waals surface area contributed by atoms with Gasteiger partial charge < -0.3 is 10.6 Å². The maximum atomic E-state index is 11.3. The fraction of sp³-hybridized carbons (Fsp3) is 0.750. The Bertz CT molecular complexity index is 485. The van der Waals surface area contributed by atoms with Gasteiger partial charge in [0.05, 0.1) is 4.92 Å². The molecule has 2 atom stereocenters. The predicted octanol–water partition coefficient (Wildman–Crippen LogP) is 1.21. The molecule has 7 heteroatoms. The number of nitro groups is 1. The molecule has 0 radical (unpaired) electrons. The molecule has 2 rings (SSSR count). The van der Waals surface area contributed by atoms with Crippen molar-refractivity contribution in [2.24, 2.45) is 12.8 Å². The van der Waals surface area contributed by atoms with Crippen molar-refractivity contribution in [1.29, 1.82) is 0 Å². The van der Waals surface area contributed by atoms with Gasteiger partial charge in [0.2, 0.25) is 5.82 Å². The van der Waals surface area contributed by atoms with Gasteiger partial charge in [0, 0.05) is 25.7 Å². The maximum absolute atomic E-state index is 11.3. The lowest BCUT2D eigenvalue weighted by Crippen LogP contribution is -2.46. The smallest absolute Gasteiger partial charge is 0.334 e. The Morgan fingerprint density at radius 2 is 2.26 bits per heavy atom. The summed E-state index contributed by atoms with van der Waals surface area (Å²) in [5, 5.41) is 15.6. The molecule has 0 aliphatic carbocycles. The van der Waals surface area contributed by atoms with Gasteiger partial charge in [0.1, 0.15) is 5.69 Å². The van der Waals surface area contributed by atoms with Gasteiger partial charge in [-0.1, -0.05) is 6.92 Å². The molecule has 1 fully saturated rings. The monoisotopic (exact) mass is 267 g/mol. The third kappa shape index (κ3) is 2.42. The van der Waals surface area contributed by atoms with Crippen molar-refractivity contribution in [2.45, 2.75) is 45.2 Å². The lowest BCUT2D eigenvalue weighted by Gasteiger charge is -2.37. The van der Waals surface area contributed by atoms with Gasteiger partial charge in [-0.05, 0) is 26.2 Å². The molecule has 1 saturated heterocycles. The number of nitrogens with zero attached hydrogens (tertiary/aromatic N) is 4. The Morgan fingerprint density at radius 1 is 1.58 bits per heavy atom. The first kappa shape index (κ1) is 13.8. The van der Waals surface area contributed by atoms with Crippen LogP contribution in [0.1, 0.15) is 32.4 Å². The minimum Gasteiger partial charge on any atom is -0.348 e. The maximum Gasteiger partial charge on any atom is 0.334 e. The molecule has 2 unspecified atom stereocenters. The Morgan fingerprint density at radius 3 is 2.79 bits per heavy atom. The highest BCUT2D eigenvalue weighted by Gasteiger charge is 2.34. The molecular formula is C12H21N5O2. The molecule has 2 heterocycles. The van der Waals surface area contributed by atoms with Gasteiger partial charge in [-0.3, -0.25) is 10.1 Å². The van der Waals surface area contributed by atoms with Crippen molar-refractivity contribution in [3.8, 4) is 0 Å². The number of hydrogen-bond donors (Lipinski definition) is 1. The minimum atomic E-state index is -0.317. The van der Waals surface area contributed by atoms with E-state index in [9.17, 15) is 10.1 Å². The fourth-order valence-corrected chi connectivity index (χ4v) is 2.83. The van der Waals surface area contributed by atoms with E-state index < -0.39 is 0 Å². The fourth-order valence-electron chi connectivity index (χ4n) is 2.83. The molecule has 2 N–H and O–H groups in total. The van der Waals surface area contributed by atoms with E-state index in [1.54, 1.807) is 11.7 Å². The van der Waals surface area contributed by atoms with Crippen molar-refractivity contribution in [3.63, 3.8) is 0 Å². The Kier molecular flexibility index (Phi) is 3.75. The number of aromatic nitrogens is 2. The summed E-state index contributed by atoms with van der Waals surface area (Å²) in [7, 11) is 1.77. The number of nitrogens with two attached hydrogens (primary N) is 1. The van der Waals surface area contributed by atoms with E-state index in [1.807, 2.05) is 6.92 Å². The summed E-state index contributed by atoms with van der Waals surface area (Å²) in [6.45, 7) is 4.68. The number of piperidine rings is 1. The first-order valence-corrected chi connectivity index (χ1v) is 6.68. The van der Waals surface area contributed by atoms with Crippen molar-refractivity contribution in [2.75, 3.05) is 11.4 Å². The quantitative estimate of drug-likeness (QED) is 0.656. The minimum absolute atomic E-state index is 0.146. The highest BCUT2D eigenvalue weighted by molar-refractivity contribution is 5.62. The van der Waals surface area contributed by atoms with Crippen LogP contribution in [-0.4, -0.2) is 33.3 Å². The van der Waals surface area contributed by atoms with E-state index in [2.05, 4.69) is 16.9 Å². The molecule has 1 aliphatic heterocycles. The van der Waals surface area contributed by atoms with Gasteiger partial charge in [-0.2, -0.15) is 5.10 Å². The van der Waals surface area contributed by atoms with Crippen LogP contribution >= 0.6 is 0 Å². The second kappa shape index (κ2) is 5.16. The number of anilines is 1. The van der Waals surface area contributed by atoms with Crippen molar-refractivity contribution in [1.82, 2.24) is 9.78 Å². The Hall–Kier alpha value is -1.63. The van der Waals surface area contributed by atoms with Gasteiger partial charge in [-0.25, -0.2) is 4.68 Å².